The summed E-state index contributed by atoms with van der Waals surface area (Å²) in [6.45, 7) is 1.60. The van der Waals surface area contributed by atoms with E-state index in [1.165, 1.54) is 0 Å². The lowest BCUT2D eigenvalue weighted by molar-refractivity contribution is 0.193. The van der Waals surface area contributed by atoms with Gasteiger partial charge >= 0.3 is 0 Å². The van der Waals surface area contributed by atoms with E-state index in [0.717, 1.165) is 30.9 Å². The van der Waals surface area contributed by atoms with Gasteiger partial charge in [0, 0.05) is 25.0 Å². The summed E-state index contributed by atoms with van der Waals surface area (Å²) >= 11 is 0. The van der Waals surface area contributed by atoms with Gasteiger partial charge < -0.3 is 15.4 Å². The number of nitriles is 1. The van der Waals surface area contributed by atoms with Gasteiger partial charge in [0.2, 0.25) is 0 Å². The summed E-state index contributed by atoms with van der Waals surface area (Å²) in [4.78, 5) is 2.20. The van der Waals surface area contributed by atoms with Crippen molar-refractivity contribution in [1.82, 2.24) is 0 Å². The van der Waals surface area contributed by atoms with Gasteiger partial charge in [-0.05, 0) is 30.2 Å². The first-order chi connectivity index (χ1) is 8.22. The third-order valence-electron chi connectivity index (χ3n) is 3.26. The molecule has 1 unspecified atom stereocenters. The fraction of sp³-hybridized carbons (Fsp3) is 0.462. The van der Waals surface area contributed by atoms with Crippen LogP contribution in [-0.2, 0) is 11.2 Å². The molecule has 17 heavy (non-hydrogen) atoms. The van der Waals surface area contributed by atoms with Crippen LogP contribution in [-0.4, -0.2) is 26.3 Å². The van der Waals surface area contributed by atoms with E-state index in [2.05, 4.69) is 18.0 Å². The number of hydrogen-bond acceptors (Lipinski definition) is 4. The molecule has 0 aromatic heterocycles. The van der Waals surface area contributed by atoms with Crippen molar-refractivity contribution >= 4 is 11.4 Å². The Kier molecular flexibility index (Phi) is 3.50. The number of nitrogens with two attached hydrogens (primary N) is 1. The highest BCUT2D eigenvalue weighted by Crippen LogP contribution is 2.24. The predicted molar refractivity (Wildman–Crippen MR) is 67.8 cm³/mol. The first-order valence-electron chi connectivity index (χ1n) is 5.78. The van der Waals surface area contributed by atoms with Crippen LogP contribution >= 0.6 is 0 Å². The topological polar surface area (TPSA) is 62.3 Å². The quantitative estimate of drug-likeness (QED) is 0.802. The molecule has 2 N–H and O–H groups in total. The van der Waals surface area contributed by atoms with Crippen molar-refractivity contribution < 1.29 is 4.74 Å². The van der Waals surface area contributed by atoms with E-state index in [4.69, 9.17) is 15.7 Å². The Hall–Kier alpha value is -1.73. The number of anilines is 2. The maximum absolute atomic E-state index is 8.75. The van der Waals surface area contributed by atoms with Gasteiger partial charge in [-0.15, -0.1) is 0 Å². The van der Waals surface area contributed by atoms with Crippen LogP contribution in [0.4, 0.5) is 11.4 Å². The Labute approximate surface area is 102 Å². The fourth-order valence-corrected chi connectivity index (χ4v) is 2.09. The lowest BCUT2D eigenvalue weighted by atomic mass is 10.1. The second-order valence-electron chi connectivity index (χ2n) is 4.35. The summed E-state index contributed by atoms with van der Waals surface area (Å²) < 4.78 is 5.38. The van der Waals surface area contributed by atoms with E-state index in [-0.39, 0.29) is 0 Å². The molecular formula is C13H17N3O. The monoisotopic (exact) mass is 231 g/mol. The normalized spacial score (nSPS) is 18.9. The third kappa shape index (κ3) is 2.51. The van der Waals surface area contributed by atoms with E-state index in [1.54, 1.807) is 0 Å². The number of hydrogen-bond donors (Lipinski definition) is 1. The summed E-state index contributed by atoms with van der Waals surface area (Å²) in [5, 5.41) is 8.75. The van der Waals surface area contributed by atoms with E-state index < -0.39 is 0 Å². The van der Waals surface area contributed by atoms with Gasteiger partial charge in [-0.3, -0.25) is 0 Å². The molecular weight excluding hydrogens is 214 g/mol. The summed E-state index contributed by atoms with van der Waals surface area (Å²) in [6, 6.07) is 8.42. The minimum Gasteiger partial charge on any atom is -0.398 e. The molecule has 0 bridgehead atoms. The molecule has 0 amide bonds. The van der Waals surface area contributed by atoms with Crippen molar-refractivity contribution in [3.63, 3.8) is 0 Å². The van der Waals surface area contributed by atoms with Crippen LogP contribution in [0.3, 0.4) is 0 Å². The highest BCUT2D eigenvalue weighted by Gasteiger charge is 2.20. The summed E-state index contributed by atoms with van der Waals surface area (Å²) in [6.07, 6.45) is 1.41. The highest BCUT2D eigenvalue weighted by atomic mass is 16.5. The fourth-order valence-electron chi connectivity index (χ4n) is 2.09. The van der Waals surface area contributed by atoms with Gasteiger partial charge in [0.25, 0.3) is 0 Å². The van der Waals surface area contributed by atoms with Crippen molar-refractivity contribution in [3.8, 4) is 6.07 Å². The Balaban J connectivity index is 2.20. The summed E-state index contributed by atoms with van der Waals surface area (Å²) in [5.41, 5.74) is 8.52. The minimum absolute atomic E-state index is 0.356. The number of benzene rings is 1. The minimum atomic E-state index is 0.356. The Bertz CT molecular complexity index is 433. The van der Waals surface area contributed by atoms with E-state index in [1.807, 2.05) is 18.2 Å². The molecule has 1 fully saturated rings. The maximum atomic E-state index is 8.75. The van der Waals surface area contributed by atoms with Gasteiger partial charge in [0.05, 0.1) is 25.1 Å². The Morgan fingerprint density at radius 1 is 1.59 bits per heavy atom. The zero-order chi connectivity index (χ0) is 12.3. The number of likely N-dealkylation sites (N-methyl/N-ethyl adjacent to an activating group) is 1. The van der Waals surface area contributed by atoms with Gasteiger partial charge in [0.1, 0.15) is 0 Å². The molecule has 1 aliphatic rings. The van der Waals surface area contributed by atoms with Crippen molar-refractivity contribution in [2.24, 2.45) is 0 Å². The molecule has 1 atom stereocenters. The van der Waals surface area contributed by atoms with E-state index in [0.29, 0.717) is 18.2 Å². The zero-order valence-electron chi connectivity index (χ0n) is 10.0. The van der Waals surface area contributed by atoms with Crippen LogP contribution in [0.25, 0.3) is 0 Å². The van der Waals surface area contributed by atoms with Gasteiger partial charge in [0.15, 0.2) is 0 Å². The van der Waals surface area contributed by atoms with Gasteiger partial charge in [-0.25, -0.2) is 0 Å². The van der Waals surface area contributed by atoms with Crippen LogP contribution in [0.5, 0.6) is 0 Å². The lowest BCUT2D eigenvalue weighted by Crippen LogP contribution is -2.31. The second kappa shape index (κ2) is 5.07. The largest absolute Gasteiger partial charge is 0.398 e. The number of rotatable bonds is 3. The van der Waals surface area contributed by atoms with Gasteiger partial charge in [-0.2, -0.15) is 5.26 Å². The molecule has 1 aromatic rings. The average molecular weight is 231 g/mol. The molecule has 90 valence electrons. The predicted octanol–water partition coefficient (Wildman–Crippen LogP) is 1.56. The summed E-state index contributed by atoms with van der Waals surface area (Å²) in [7, 11) is 2.06. The van der Waals surface area contributed by atoms with Crippen LogP contribution in [0.15, 0.2) is 18.2 Å². The summed E-state index contributed by atoms with van der Waals surface area (Å²) in [5.74, 6) is 0. The molecule has 4 heteroatoms. The number of nitrogens with zero attached hydrogens (tertiary/aromatic N) is 2. The molecule has 0 spiro atoms. The maximum Gasteiger partial charge on any atom is 0.0670 e. The van der Waals surface area contributed by atoms with Crippen molar-refractivity contribution in [1.29, 1.82) is 5.26 Å². The standard InChI is InChI=1S/C13H17N3O/c1-16(12-5-7-17-9-12)11-2-3-13(15)10(8-11)4-6-14/h2-3,8,12H,4-5,7,9,15H2,1H3. The molecule has 1 saturated heterocycles. The van der Waals surface area contributed by atoms with Crippen molar-refractivity contribution in [2.45, 2.75) is 18.9 Å². The van der Waals surface area contributed by atoms with E-state index in [9.17, 15) is 0 Å². The van der Waals surface area contributed by atoms with Gasteiger partial charge in [-0.1, -0.05) is 0 Å². The van der Waals surface area contributed by atoms with Crippen LogP contribution in [0, 0.1) is 11.3 Å². The van der Waals surface area contributed by atoms with Crippen LogP contribution < -0.4 is 10.6 Å². The molecule has 4 nitrogen and oxygen atoms in total. The zero-order valence-corrected chi connectivity index (χ0v) is 10.0. The van der Waals surface area contributed by atoms with Crippen molar-refractivity contribution in [3.05, 3.63) is 23.8 Å². The number of ether oxygens (including phenoxy) is 1. The Morgan fingerprint density at radius 3 is 3.06 bits per heavy atom. The first-order valence-corrected chi connectivity index (χ1v) is 5.78. The molecule has 0 radical (unpaired) electrons. The van der Waals surface area contributed by atoms with E-state index >= 15 is 0 Å². The van der Waals surface area contributed by atoms with Crippen LogP contribution in [0.1, 0.15) is 12.0 Å². The molecule has 2 rings (SSSR count). The first kappa shape index (κ1) is 11.7. The third-order valence-corrected chi connectivity index (χ3v) is 3.26. The molecule has 1 aliphatic heterocycles. The Morgan fingerprint density at radius 2 is 2.41 bits per heavy atom. The second-order valence-corrected chi connectivity index (χ2v) is 4.35. The average Bonchev–Trinajstić information content (AvgIpc) is 2.85. The SMILES string of the molecule is CN(c1ccc(N)c(CC#N)c1)C1CCOC1. The molecule has 1 heterocycles. The molecule has 0 aliphatic carbocycles. The lowest BCUT2D eigenvalue weighted by Gasteiger charge is -2.26. The molecule has 0 saturated carbocycles. The smallest absolute Gasteiger partial charge is 0.0670 e. The number of nitrogen functional groups attached to an aromatic ring is 1. The van der Waals surface area contributed by atoms with Crippen LogP contribution in [0.2, 0.25) is 0 Å². The van der Waals surface area contributed by atoms with Crippen molar-refractivity contribution in [2.75, 3.05) is 30.9 Å². The molecule has 1 aromatic carbocycles. The highest BCUT2D eigenvalue weighted by molar-refractivity contribution is 5.59.